The smallest absolute Gasteiger partial charge is 0.307 e. The van der Waals surface area contributed by atoms with Crippen molar-refractivity contribution < 1.29 is 19.8 Å². The normalized spacial score (nSPS) is 14.9. The molecule has 0 aromatic carbocycles. The number of hydrogen-bond acceptors (Lipinski definition) is 2. The number of hydrogen-bond donors (Lipinski definition) is 2. The van der Waals surface area contributed by atoms with Crippen molar-refractivity contribution in [2.75, 3.05) is 0 Å². The number of aliphatic carboxylic acids is 2. The van der Waals surface area contributed by atoms with Gasteiger partial charge in [0.25, 0.3) is 0 Å². The van der Waals surface area contributed by atoms with Crippen LogP contribution in [0.1, 0.15) is 33.1 Å². The van der Waals surface area contributed by atoms with Gasteiger partial charge in [-0.15, -0.1) is 0 Å². The van der Waals surface area contributed by atoms with Crippen LogP contribution < -0.4 is 0 Å². The van der Waals surface area contributed by atoms with E-state index in [1.54, 1.807) is 6.92 Å². The molecule has 0 saturated carbocycles. The third-order valence-electron chi connectivity index (χ3n) is 2.16. The highest BCUT2D eigenvalue weighted by atomic mass is 16.4. The number of carboxylic acid groups (broad SMARTS) is 2. The second-order valence-corrected chi connectivity index (χ2v) is 3.09. The van der Waals surface area contributed by atoms with E-state index in [-0.39, 0.29) is 0 Å². The first-order chi connectivity index (χ1) is 6.04. The average Bonchev–Trinajstić information content (AvgIpc) is 2.03. The molecule has 4 heteroatoms. The maximum absolute atomic E-state index is 10.7. The average molecular weight is 188 g/mol. The van der Waals surface area contributed by atoms with Gasteiger partial charge in [0.1, 0.15) is 0 Å². The van der Waals surface area contributed by atoms with Gasteiger partial charge in [-0.3, -0.25) is 9.59 Å². The molecule has 13 heavy (non-hydrogen) atoms. The molecule has 4 nitrogen and oxygen atoms in total. The lowest BCUT2D eigenvalue weighted by Crippen LogP contribution is -2.29. The summed E-state index contributed by atoms with van der Waals surface area (Å²) in [7, 11) is 0. The summed E-state index contributed by atoms with van der Waals surface area (Å²) in [6, 6.07) is 0. The lowest BCUT2D eigenvalue weighted by atomic mass is 9.87. The molecule has 0 heterocycles. The summed E-state index contributed by atoms with van der Waals surface area (Å²) in [5, 5.41) is 17.5. The van der Waals surface area contributed by atoms with Crippen molar-refractivity contribution in [3.8, 4) is 0 Å². The van der Waals surface area contributed by atoms with Gasteiger partial charge in [-0.05, 0) is 12.8 Å². The van der Waals surface area contributed by atoms with Gasteiger partial charge in [0, 0.05) is 0 Å². The fraction of sp³-hybridized carbons (Fsp3) is 0.778. The molecule has 0 radical (unpaired) electrons. The quantitative estimate of drug-likeness (QED) is 0.663. The third kappa shape index (κ3) is 3.44. The maximum Gasteiger partial charge on any atom is 0.307 e. The highest BCUT2D eigenvalue weighted by Crippen LogP contribution is 2.21. The Bertz CT molecular complexity index is 188. The summed E-state index contributed by atoms with van der Waals surface area (Å²) in [6.45, 7) is 3.55. The zero-order valence-corrected chi connectivity index (χ0v) is 7.99. The van der Waals surface area contributed by atoms with Gasteiger partial charge in [0.2, 0.25) is 0 Å². The molecule has 76 valence electrons. The molecule has 0 aliphatic heterocycles. The molecule has 0 aromatic heterocycles. The predicted octanol–water partition coefficient (Wildman–Crippen LogP) is 1.60. The van der Waals surface area contributed by atoms with Crippen molar-refractivity contribution in [2.45, 2.75) is 33.1 Å². The van der Waals surface area contributed by atoms with Crippen LogP contribution in [0, 0.1) is 11.8 Å². The van der Waals surface area contributed by atoms with Gasteiger partial charge in [-0.2, -0.15) is 0 Å². The second kappa shape index (κ2) is 5.56. The predicted molar refractivity (Wildman–Crippen MR) is 47.5 cm³/mol. The van der Waals surface area contributed by atoms with Crippen LogP contribution in [0.4, 0.5) is 0 Å². The second-order valence-electron chi connectivity index (χ2n) is 3.09. The summed E-state index contributed by atoms with van der Waals surface area (Å²) >= 11 is 0. The fourth-order valence-corrected chi connectivity index (χ4v) is 1.44. The maximum atomic E-state index is 10.7. The minimum absolute atomic E-state index is 0.367. The van der Waals surface area contributed by atoms with Crippen molar-refractivity contribution in [2.24, 2.45) is 11.8 Å². The van der Waals surface area contributed by atoms with E-state index >= 15 is 0 Å². The fourth-order valence-electron chi connectivity index (χ4n) is 1.44. The molecule has 2 unspecified atom stereocenters. The first-order valence-corrected chi connectivity index (χ1v) is 4.50. The van der Waals surface area contributed by atoms with Gasteiger partial charge in [0.15, 0.2) is 0 Å². The highest BCUT2D eigenvalue weighted by molar-refractivity contribution is 5.79. The summed E-state index contributed by atoms with van der Waals surface area (Å²) in [5.74, 6) is -3.51. The van der Waals surface area contributed by atoms with Crippen LogP contribution in [-0.4, -0.2) is 22.2 Å². The largest absolute Gasteiger partial charge is 0.481 e. The first-order valence-electron chi connectivity index (χ1n) is 4.50. The van der Waals surface area contributed by atoms with E-state index in [9.17, 15) is 9.59 Å². The summed E-state index contributed by atoms with van der Waals surface area (Å²) in [4.78, 5) is 21.4. The van der Waals surface area contributed by atoms with Crippen LogP contribution in [0.25, 0.3) is 0 Å². The van der Waals surface area contributed by atoms with E-state index in [0.29, 0.717) is 19.3 Å². The lowest BCUT2D eigenvalue weighted by molar-refractivity contribution is -0.154. The molecular weight excluding hydrogens is 172 g/mol. The monoisotopic (exact) mass is 188 g/mol. The Morgan fingerprint density at radius 3 is 1.77 bits per heavy atom. The molecule has 2 atom stereocenters. The minimum atomic E-state index is -1.01. The zero-order chi connectivity index (χ0) is 10.4. The molecular formula is C9H16O4. The molecule has 0 aliphatic carbocycles. The third-order valence-corrected chi connectivity index (χ3v) is 2.16. The molecule has 0 bridgehead atoms. The van der Waals surface area contributed by atoms with Crippen molar-refractivity contribution >= 4 is 11.9 Å². The Morgan fingerprint density at radius 2 is 1.54 bits per heavy atom. The minimum Gasteiger partial charge on any atom is -0.481 e. The van der Waals surface area contributed by atoms with Crippen LogP contribution in [0.5, 0.6) is 0 Å². The Labute approximate surface area is 77.6 Å². The molecule has 0 rings (SSSR count). The molecule has 0 amide bonds. The van der Waals surface area contributed by atoms with E-state index in [1.807, 2.05) is 6.92 Å². The van der Waals surface area contributed by atoms with Gasteiger partial charge in [-0.25, -0.2) is 0 Å². The summed E-state index contributed by atoms with van der Waals surface area (Å²) in [6.07, 6.45) is 1.49. The van der Waals surface area contributed by atoms with Gasteiger partial charge >= 0.3 is 11.9 Å². The Morgan fingerprint density at radius 1 is 1.08 bits per heavy atom. The van der Waals surface area contributed by atoms with Crippen LogP contribution >= 0.6 is 0 Å². The lowest BCUT2D eigenvalue weighted by Gasteiger charge is -2.17. The summed E-state index contributed by atoms with van der Waals surface area (Å²) in [5.41, 5.74) is 0. The van der Waals surface area contributed by atoms with E-state index < -0.39 is 23.8 Å². The van der Waals surface area contributed by atoms with Crippen molar-refractivity contribution in [3.05, 3.63) is 0 Å². The van der Waals surface area contributed by atoms with Crippen molar-refractivity contribution in [3.63, 3.8) is 0 Å². The Hall–Kier alpha value is -1.06. The first kappa shape index (κ1) is 11.9. The molecule has 0 aliphatic rings. The van der Waals surface area contributed by atoms with Gasteiger partial charge in [-0.1, -0.05) is 20.3 Å². The topological polar surface area (TPSA) is 74.6 Å². The number of rotatable bonds is 6. The Balaban J connectivity index is 4.48. The van der Waals surface area contributed by atoms with Crippen molar-refractivity contribution in [1.29, 1.82) is 0 Å². The van der Waals surface area contributed by atoms with Crippen LogP contribution in [-0.2, 0) is 9.59 Å². The summed E-state index contributed by atoms with van der Waals surface area (Å²) < 4.78 is 0. The zero-order valence-electron chi connectivity index (χ0n) is 7.99. The number of carbonyl (C=O) groups is 2. The van der Waals surface area contributed by atoms with E-state index in [2.05, 4.69) is 0 Å². The van der Waals surface area contributed by atoms with Gasteiger partial charge in [0.05, 0.1) is 11.8 Å². The van der Waals surface area contributed by atoms with E-state index in [0.717, 1.165) is 0 Å². The van der Waals surface area contributed by atoms with Crippen LogP contribution in [0.15, 0.2) is 0 Å². The molecule has 2 N–H and O–H groups in total. The van der Waals surface area contributed by atoms with E-state index in [1.165, 1.54) is 0 Å². The highest BCUT2D eigenvalue weighted by Gasteiger charge is 2.31. The van der Waals surface area contributed by atoms with Crippen molar-refractivity contribution in [1.82, 2.24) is 0 Å². The number of carboxylic acids is 2. The molecule has 0 spiro atoms. The standard InChI is InChI=1S/C9H16O4/c1-3-5-7(9(12)13)6(4-2)8(10)11/h6-7H,3-5H2,1-2H3,(H,10,11)(H,12,13). The molecule has 0 aromatic rings. The SMILES string of the molecule is CCCC(C(=O)O)C(CC)C(=O)O. The molecule has 0 fully saturated rings. The van der Waals surface area contributed by atoms with E-state index in [4.69, 9.17) is 10.2 Å². The van der Waals surface area contributed by atoms with Crippen LogP contribution in [0.3, 0.4) is 0 Å². The van der Waals surface area contributed by atoms with Gasteiger partial charge < -0.3 is 10.2 Å². The Kier molecular flexibility index (Phi) is 5.11. The molecule has 0 saturated heterocycles. The van der Waals surface area contributed by atoms with Crippen LogP contribution in [0.2, 0.25) is 0 Å².